The number of hydrogen-bond acceptors (Lipinski definition) is 7. The van der Waals surface area contributed by atoms with Crippen molar-refractivity contribution < 1.29 is 19.1 Å². The van der Waals surface area contributed by atoms with Gasteiger partial charge < -0.3 is 15.4 Å². The number of aryl methyl sites for hydroxylation is 1. The first-order valence-corrected chi connectivity index (χ1v) is 14.5. The summed E-state index contributed by atoms with van der Waals surface area (Å²) in [4.78, 5) is 37.6. The van der Waals surface area contributed by atoms with Gasteiger partial charge >= 0.3 is 5.97 Å². The van der Waals surface area contributed by atoms with Crippen LogP contribution in [-0.2, 0) is 16.1 Å². The van der Waals surface area contributed by atoms with E-state index in [4.69, 9.17) is 4.74 Å². The fraction of sp³-hybridized carbons (Fsp3) is 0.121. The number of carbonyl (C=O) groups excluding carboxylic acids is 3. The zero-order chi connectivity index (χ0) is 30.2. The number of methoxy groups -OCH3 is 1. The third-order valence-electron chi connectivity index (χ3n) is 6.52. The van der Waals surface area contributed by atoms with E-state index in [2.05, 4.69) is 20.8 Å². The van der Waals surface area contributed by atoms with Crippen molar-refractivity contribution >= 4 is 40.9 Å². The van der Waals surface area contributed by atoms with Crippen LogP contribution in [0.5, 0.6) is 0 Å². The number of aromatic nitrogens is 3. The highest BCUT2D eigenvalue weighted by molar-refractivity contribution is 7.99. The first kappa shape index (κ1) is 29.3. The SMILES string of the molecule is COC(=O)c1ccccc1NC(=O)CSc1nnc(-c2ccc(NC(=O)c3cccc(C)c3)cc2)n1Cc1ccccc1. The summed E-state index contributed by atoms with van der Waals surface area (Å²) in [5.41, 5.74) is 4.76. The minimum atomic E-state index is -0.531. The minimum absolute atomic E-state index is 0.0480. The summed E-state index contributed by atoms with van der Waals surface area (Å²) in [5, 5.41) is 15.1. The average Bonchev–Trinajstić information content (AvgIpc) is 3.42. The molecule has 0 saturated carbocycles. The number of benzene rings is 4. The molecule has 5 rings (SSSR count). The van der Waals surface area contributed by atoms with Gasteiger partial charge in [0.05, 0.1) is 30.7 Å². The largest absolute Gasteiger partial charge is 0.465 e. The smallest absolute Gasteiger partial charge is 0.339 e. The van der Waals surface area contributed by atoms with Gasteiger partial charge in [-0.25, -0.2) is 4.79 Å². The monoisotopic (exact) mass is 591 g/mol. The molecule has 2 amide bonds. The molecule has 2 N–H and O–H groups in total. The van der Waals surface area contributed by atoms with Gasteiger partial charge in [0.25, 0.3) is 5.91 Å². The lowest BCUT2D eigenvalue weighted by Gasteiger charge is -2.12. The maximum atomic E-state index is 12.9. The number of nitrogens with one attached hydrogen (secondary N) is 2. The maximum Gasteiger partial charge on any atom is 0.339 e. The lowest BCUT2D eigenvalue weighted by Crippen LogP contribution is -2.17. The van der Waals surface area contributed by atoms with E-state index in [1.807, 2.05) is 84.3 Å². The first-order valence-electron chi connectivity index (χ1n) is 13.5. The summed E-state index contributed by atoms with van der Waals surface area (Å²) in [6, 6.07) is 31.4. The number of esters is 1. The van der Waals surface area contributed by atoms with Crippen molar-refractivity contribution in [3.63, 3.8) is 0 Å². The molecule has 0 saturated heterocycles. The zero-order valence-electron chi connectivity index (χ0n) is 23.6. The lowest BCUT2D eigenvalue weighted by molar-refractivity contribution is -0.113. The highest BCUT2D eigenvalue weighted by Crippen LogP contribution is 2.27. The molecule has 0 fully saturated rings. The van der Waals surface area contributed by atoms with E-state index >= 15 is 0 Å². The average molecular weight is 592 g/mol. The number of ether oxygens (including phenoxy) is 1. The summed E-state index contributed by atoms with van der Waals surface area (Å²) >= 11 is 1.24. The van der Waals surface area contributed by atoms with Gasteiger partial charge in [-0.1, -0.05) is 71.9 Å². The number of thioether (sulfide) groups is 1. The molecule has 0 spiro atoms. The van der Waals surface area contributed by atoms with Crippen LogP contribution in [0.25, 0.3) is 11.4 Å². The van der Waals surface area contributed by atoms with Crippen LogP contribution in [-0.4, -0.2) is 45.4 Å². The summed E-state index contributed by atoms with van der Waals surface area (Å²) in [7, 11) is 1.29. The molecule has 4 aromatic carbocycles. The normalized spacial score (nSPS) is 10.7. The Morgan fingerprint density at radius 3 is 2.33 bits per heavy atom. The third-order valence-corrected chi connectivity index (χ3v) is 7.49. The second-order valence-electron chi connectivity index (χ2n) is 9.65. The van der Waals surface area contributed by atoms with Crippen LogP contribution in [0.4, 0.5) is 11.4 Å². The molecule has 0 unspecified atom stereocenters. The van der Waals surface area contributed by atoms with Crippen molar-refractivity contribution in [1.29, 1.82) is 0 Å². The standard InChI is InChI=1S/C33H29N5O4S/c1-22-9-8-12-25(19-22)31(40)34-26-17-15-24(16-18-26)30-36-37-33(38(30)20-23-10-4-3-5-11-23)43-21-29(39)35-28-14-7-6-13-27(28)32(41)42-2/h3-19H,20-21H2,1-2H3,(H,34,40)(H,35,39). The predicted octanol–water partition coefficient (Wildman–Crippen LogP) is 6.07. The van der Waals surface area contributed by atoms with E-state index < -0.39 is 5.97 Å². The summed E-state index contributed by atoms with van der Waals surface area (Å²) < 4.78 is 6.77. The van der Waals surface area contributed by atoms with Gasteiger partial charge in [0.15, 0.2) is 11.0 Å². The van der Waals surface area contributed by atoms with Crippen LogP contribution in [0.2, 0.25) is 0 Å². The van der Waals surface area contributed by atoms with E-state index in [-0.39, 0.29) is 23.1 Å². The van der Waals surface area contributed by atoms with Crippen molar-refractivity contribution in [2.45, 2.75) is 18.6 Å². The Morgan fingerprint density at radius 1 is 0.837 bits per heavy atom. The number of nitrogens with zero attached hydrogens (tertiary/aromatic N) is 3. The van der Waals surface area contributed by atoms with Crippen LogP contribution in [0.15, 0.2) is 108 Å². The van der Waals surface area contributed by atoms with Crippen LogP contribution >= 0.6 is 11.8 Å². The Bertz CT molecular complexity index is 1750. The predicted molar refractivity (Wildman–Crippen MR) is 167 cm³/mol. The number of para-hydroxylation sites is 1. The second kappa shape index (κ2) is 13.6. The topological polar surface area (TPSA) is 115 Å². The highest BCUT2D eigenvalue weighted by Gasteiger charge is 2.18. The van der Waals surface area contributed by atoms with Crippen molar-refractivity contribution in [1.82, 2.24) is 14.8 Å². The lowest BCUT2D eigenvalue weighted by atomic mass is 10.1. The van der Waals surface area contributed by atoms with E-state index in [1.165, 1.54) is 18.9 Å². The molecule has 216 valence electrons. The summed E-state index contributed by atoms with van der Waals surface area (Å²) in [6.45, 7) is 2.43. The first-order chi connectivity index (χ1) is 20.9. The fourth-order valence-corrected chi connectivity index (χ4v) is 5.14. The van der Waals surface area contributed by atoms with Gasteiger partial charge in [0.1, 0.15) is 0 Å². The van der Waals surface area contributed by atoms with Crippen molar-refractivity contribution in [2.75, 3.05) is 23.5 Å². The minimum Gasteiger partial charge on any atom is -0.465 e. The van der Waals surface area contributed by atoms with Gasteiger partial charge in [-0.15, -0.1) is 10.2 Å². The summed E-state index contributed by atoms with van der Waals surface area (Å²) in [6.07, 6.45) is 0. The molecule has 0 atom stereocenters. The highest BCUT2D eigenvalue weighted by atomic mass is 32.2. The molecule has 0 aliphatic carbocycles. The Labute approximate surface area is 253 Å². The molecule has 5 aromatic rings. The van der Waals surface area contributed by atoms with Crippen molar-refractivity contribution in [3.05, 3.63) is 125 Å². The number of carbonyl (C=O) groups is 3. The van der Waals surface area contributed by atoms with Crippen LogP contribution in [0, 0.1) is 6.92 Å². The van der Waals surface area contributed by atoms with Gasteiger partial charge in [0, 0.05) is 16.8 Å². The molecule has 0 aliphatic heterocycles. The molecular weight excluding hydrogens is 562 g/mol. The second-order valence-corrected chi connectivity index (χ2v) is 10.6. The van der Waals surface area contributed by atoms with Crippen molar-refractivity contribution in [3.8, 4) is 11.4 Å². The molecule has 1 aromatic heterocycles. The Hall–Kier alpha value is -5.22. The summed E-state index contributed by atoms with van der Waals surface area (Å²) in [5.74, 6) is -0.344. The molecule has 0 bridgehead atoms. The number of anilines is 2. The van der Waals surface area contributed by atoms with Crippen molar-refractivity contribution in [2.24, 2.45) is 0 Å². The quantitative estimate of drug-likeness (QED) is 0.150. The molecule has 1 heterocycles. The van der Waals surface area contributed by atoms with E-state index in [0.717, 1.165) is 16.7 Å². The Balaban J connectivity index is 1.33. The number of amides is 2. The maximum absolute atomic E-state index is 12.9. The number of hydrogen-bond donors (Lipinski definition) is 2. The van der Waals surface area contributed by atoms with Crippen LogP contribution in [0.1, 0.15) is 31.8 Å². The zero-order valence-corrected chi connectivity index (χ0v) is 24.4. The van der Waals surface area contributed by atoms with E-state index in [1.54, 1.807) is 30.3 Å². The molecule has 10 heteroatoms. The fourth-order valence-electron chi connectivity index (χ4n) is 4.41. The molecular formula is C33H29N5O4S. The van der Waals surface area contributed by atoms with Gasteiger partial charge in [-0.2, -0.15) is 0 Å². The Kier molecular flexibility index (Phi) is 9.28. The third kappa shape index (κ3) is 7.35. The molecule has 43 heavy (non-hydrogen) atoms. The molecule has 0 radical (unpaired) electrons. The van der Waals surface area contributed by atoms with Gasteiger partial charge in [0.2, 0.25) is 5.91 Å². The van der Waals surface area contributed by atoms with Gasteiger partial charge in [-0.3, -0.25) is 14.2 Å². The molecule has 9 nitrogen and oxygen atoms in total. The Morgan fingerprint density at radius 2 is 1.58 bits per heavy atom. The van der Waals surface area contributed by atoms with Crippen LogP contribution in [0.3, 0.4) is 0 Å². The van der Waals surface area contributed by atoms with Gasteiger partial charge in [-0.05, 0) is 61.0 Å². The molecule has 0 aliphatic rings. The van der Waals surface area contributed by atoms with E-state index in [0.29, 0.717) is 34.5 Å². The van der Waals surface area contributed by atoms with Crippen LogP contribution < -0.4 is 10.6 Å². The van der Waals surface area contributed by atoms with E-state index in [9.17, 15) is 14.4 Å². The number of rotatable bonds is 10.